The van der Waals surface area contributed by atoms with E-state index in [1.165, 1.54) is 4.90 Å². The average molecular weight is 408 g/mol. The summed E-state index contributed by atoms with van der Waals surface area (Å²) in [6, 6.07) is 7.49. The highest BCUT2D eigenvalue weighted by atomic mass is 32.1. The zero-order valence-electron chi connectivity index (χ0n) is 16.9. The Hall–Kier alpha value is -2.16. The van der Waals surface area contributed by atoms with Gasteiger partial charge in [0, 0.05) is 37.7 Å². The lowest BCUT2D eigenvalue weighted by molar-refractivity contribution is -0.858. The Morgan fingerprint density at radius 2 is 2.11 bits per heavy atom. The van der Waals surface area contributed by atoms with Gasteiger partial charge in [0.25, 0.3) is 5.56 Å². The maximum Gasteiger partial charge on any atom is 0.253 e. The molecular formula is C20H31N4O3S+. The van der Waals surface area contributed by atoms with E-state index in [1.54, 1.807) is 7.11 Å². The number of hydrogen-bond donors (Lipinski definition) is 4. The molecule has 0 bridgehead atoms. The minimum atomic E-state index is -0.145. The summed E-state index contributed by atoms with van der Waals surface area (Å²) in [5.74, 6) is 0.699. The summed E-state index contributed by atoms with van der Waals surface area (Å²) in [4.78, 5) is 18.8. The summed E-state index contributed by atoms with van der Waals surface area (Å²) in [5, 5.41) is 14.0. The number of H-pyrrole nitrogens is 1. The van der Waals surface area contributed by atoms with E-state index in [0.717, 1.165) is 30.4 Å². The molecule has 0 aliphatic rings. The van der Waals surface area contributed by atoms with Crippen molar-refractivity contribution in [2.45, 2.75) is 19.4 Å². The topological polar surface area (TPSA) is 82.0 Å². The van der Waals surface area contributed by atoms with Gasteiger partial charge < -0.3 is 29.9 Å². The van der Waals surface area contributed by atoms with Crippen LogP contribution in [0.3, 0.4) is 0 Å². The number of benzene rings is 1. The lowest BCUT2D eigenvalue weighted by atomic mass is 10.1. The van der Waals surface area contributed by atoms with Crippen molar-refractivity contribution in [2.75, 3.05) is 47.4 Å². The number of methoxy groups -OCH3 is 1. The summed E-state index contributed by atoms with van der Waals surface area (Å²) in [6.07, 6.45) is 1.60. The van der Waals surface area contributed by atoms with E-state index in [4.69, 9.17) is 17.0 Å². The van der Waals surface area contributed by atoms with Gasteiger partial charge in [0.2, 0.25) is 0 Å². The number of hydrogen-bond acceptors (Lipinski definition) is 4. The second kappa shape index (κ2) is 11.0. The van der Waals surface area contributed by atoms with E-state index in [2.05, 4.69) is 24.4 Å². The summed E-state index contributed by atoms with van der Waals surface area (Å²) in [6.45, 7) is 2.90. The van der Waals surface area contributed by atoms with Crippen LogP contribution in [0, 0.1) is 0 Å². The second-order valence-corrected chi connectivity index (χ2v) is 7.50. The van der Waals surface area contributed by atoms with Gasteiger partial charge in [0.15, 0.2) is 5.11 Å². The Morgan fingerprint density at radius 3 is 2.79 bits per heavy atom. The number of rotatable bonds is 10. The Balaban J connectivity index is 2.13. The fraction of sp³-hybridized carbons (Fsp3) is 0.500. The number of ether oxygens (including phenoxy) is 1. The van der Waals surface area contributed by atoms with Crippen molar-refractivity contribution in [1.82, 2.24) is 15.2 Å². The minimum absolute atomic E-state index is 0.0803. The van der Waals surface area contributed by atoms with Gasteiger partial charge in [-0.1, -0.05) is 0 Å². The van der Waals surface area contributed by atoms with Crippen LogP contribution in [0.5, 0.6) is 5.75 Å². The first-order chi connectivity index (χ1) is 13.4. The molecule has 0 aliphatic carbocycles. The third-order valence-electron chi connectivity index (χ3n) is 4.49. The van der Waals surface area contributed by atoms with E-state index in [1.807, 2.05) is 29.2 Å². The fourth-order valence-electron chi connectivity index (χ4n) is 2.94. The molecule has 0 unspecified atom stereocenters. The van der Waals surface area contributed by atoms with E-state index in [0.29, 0.717) is 35.9 Å². The molecule has 1 heterocycles. The molecule has 8 heteroatoms. The normalized spacial score (nSPS) is 11.0. The second-order valence-electron chi connectivity index (χ2n) is 7.12. The largest absolute Gasteiger partial charge is 0.497 e. The lowest BCUT2D eigenvalue weighted by Crippen LogP contribution is -3.05. The van der Waals surface area contributed by atoms with Crippen LogP contribution in [0.2, 0.25) is 0 Å². The van der Waals surface area contributed by atoms with Crippen LogP contribution >= 0.6 is 12.2 Å². The van der Waals surface area contributed by atoms with E-state index >= 15 is 0 Å². The number of nitrogens with one attached hydrogen (secondary N) is 3. The summed E-state index contributed by atoms with van der Waals surface area (Å²) < 4.78 is 5.21. The predicted octanol–water partition coefficient (Wildman–Crippen LogP) is 0.130. The predicted molar refractivity (Wildman–Crippen MR) is 116 cm³/mol. The number of fused-ring (bicyclic) bond motifs is 1. The summed E-state index contributed by atoms with van der Waals surface area (Å²) in [7, 11) is 5.83. The molecular weight excluding hydrogens is 376 g/mol. The van der Waals surface area contributed by atoms with Crippen molar-refractivity contribution in [1.29, 1.82) is 0 Å². The Kier molecular flexibility index (Phi) is 8.69. The molecule has 1 aromatic carbocycles. The average Bonchev–Trinajstić information content (AvgIpc) is 2.67. The highest BCUT2D eigenvalue weighted by molar-refractivity contribution is 7.80. The van der Waals surface area contributed by atoms with Gasteiger partial charge >= 0.3 is 0 Å². The number of nitrogens with zero attached hydrogens (tertiary/aromatic N) is 1. The molecule has 2 rings (SSSR count). The smallest absolute Gasteiger partial charge is 0.253 e. The maximum absolute atomic E-state index is 12.6. The zero-order chi connectivity index (χ0) is 20.5. The van der Waals surface area contributed by atoms with E-state index in [9.17, 15) is 9.90 Å². The Labute approximate surface area is 171 Å². The van der Waals surface area contributed by atoms with Crippen molar-refractivity contribution >= 4 is 28.2 Å². The highest BCUT2D eigenvalue weighted by Crippen LogP contribution is 2.19. The van der Waals surface area contributed by atoms with Crippen molar-refractivity contribution in [2.24, 2.45) is 0 Å². The molecule has 0 spiro atoms. The molecule has 0 saturated heterocycles. The van der Waals surface area contributed by atoms with Crippen LogP contribution in [0.25, 0.3) is 10.9 Å². The van der Waals surface area contributed by atoms with Crippen molar-refractivity contribution in [3.8, 4) is 5.75 Å². The van der Waals surface area contributed by atoms with Gasteiger partial charge in [-0.3, -0.25) is 4.79 Å². The number of aromatic nitrogens is 1. The van der Waals surface area contributed by atoms with Crippen LogP contribution in [0.1, 0.15) is 18.4 Å². The van der Waals surface area contributed by atoms with Gasteiger partial charge in [-0.05, 0) is 42.2 Å². The molecule has 0 fully saturated rings. The molecule has 1 aromatic heterocycles. The molecule has 4 N–H and O–H groups in total. The molecule has 0 atom stereocenters. The van der Waals surface area contributed by atoms with Crippen molar-refractivity contribution < 1.29 is 14.7 Å². The Morgan fingerprint density at radius 1 is 1.32 bits per heavy atom. The van der Waals surface area contributed by atoms with Crippen LogP contribution in [0.4, 0.5) is 0 Å². The van der Waals surface area contributed by atoms with Crippen LogP contribution in [0.15, 0.2) is 29.1 Å². The number of aliphatic hydroxyl groups is 1. The van der Waals surface area contributed by atoms with Gasteiger partial charge in [-0.2, -0.15) is 0 Å². The lowest BCUT2D eigenvalue weighted by Gasteiger charge is -2.25. The van der Waals surface area contributed by atoms with Crippen LogP contribution in [-0.2, 0) is 6.54 Å². The standard InChI is InChI=1S/C20H30N4O3S/c1-23(2)9-4-8-21-20(28)24(10-5-11-25)14-16-12-15-6-7-17(27-3)13-18(15)22-19(16)26/h6-7,12-13,25H,4-5,8-11,14H2,1-3H3,(H,21,28)(H,22,26)/p+1. The molecule has 7 nitrogen and oxygen atoms in total. The first-order valence-corrected chi connectivity index (χ1v) is 9.98. The summed E-state index contributed by atoms with van der Waals surface area (Å²) >= 11 is 5.54. The number of quaternary nitrogens is 1. The third kappa shape index (κ3) is 6.47. The summed E-state index contributed by atoms with van der Waals surface area (Å²) in [5.41, 5.74) is 1.23. The zero-order valence-corrected chi connectivity index (χ0v) is 17.7. The number of thiocarbonyl (C=S) groups is 1. The van der Waals surface area contributed by atoms with Crippen LogP contribution in [-0.4, -0.2) is 67.5 Å². The van der Waals surface area contributed by atoms with E-state index < -0.39 is 0 Å². The SMILES string of the molecule is COc1ccc2cc(CN(CCCO)C(=S)NCCC[NH+](C)C)c(=O)[nH]c2c1. The van der Waals surface area contributed by atoms with Gasteiger partial charge in [0.05, 0.1) is 39.8 Å². The maximum atomic E-state index is 12.6. The highest BCUT2D eigenvalue weighted by Gasteiger charge is 2.13. The third-order valence-corrected chi connectivity index (χ3v) is 4.90. The van der Waals surface area contributed by atoms with Crippen molar-refractivity contribution in [3.05, 3.63) is 40.2 Å². The molecule has 0 aliphatic heterocycles. The molecule has 0 saturated carbocycles. The quantitative estimate of drug-likeness (QED) is 0.331. The van der Waals surface area contributed by atoms with Gasteiger partial charge in [-0.15, -0.1) is 0 Å². The Bertz CT molecular complexity index is 838. The minimum Gasteiger partial charge on any atom is -0.497 e. The van der Waals surface area contributed by atoms with E-state index in [-0.39, 0.29) is 12.2 Å². The number of pyridine rings is 1. The molecule has 2 aromatic rings. The molecule has 0 radical (unpaired) electrons. The molecule has 0 amide bonds. The first-order valence-electron chi connectivity index (χ1n) is 9.57. The van der Waals surface area contributed by atoms with Crippen molar-refractivity contribution in [3.63, 3.8) is 0 Å². The van der Waals surface area contributed by atoms with Gasteiger partial charge in [0.1, 0.15) is 5.75 Å². The first kappa shape index (κ1) is 22.1. The monoisotopic (exact) mass is 407 g/mol. The van der Waals surface area contributed by atoms with Gasteiger partial charge in [-0.25, -0.2) is 0 Å². The fourth-order valence-corrected chi connectivity index (χ4v) is 3.20. The van der Waals surface area contributed by atoms with Crippen LogP contribution < -0.4 is 20.5 Å². The number of aromatic amines is 1. The number of aliphatic hydroxyl groups excluding tert-OH is 1. The molecule has 28 heavy (non-hydrogen) atoms. The molecule has 154 valence electrons.